The zero-order valence-electron chi connectivity index (χ0n) is 15.0. The van der Waals surface area contributed by atoms with E-state index in [4.69, 9.17) is 0 Å². The van der Waals surface area contributed by atoms with E-state index in [1.54, 1.807) is 16.6 Å². The molecule has 6 nitrogen and oxygen atoms in total. The second kappa shape index (κ2) is 6.55. The van der Waals surface area contributed by atoms with Crippen molar-refractivity contribution >= 4 is 11.6 Å². The van der Waals surface area contributed by atoms with Gasteiger partial charge < -0.3 is 10.0 Å². The molecular formula is C19H22FN5O. The van der Waals surface area contributed by atoms with Gasteiger partial charge in [0, 0.05) is 30.3 Å². The van der Waals surface area contributed by atoms with Crippen LogP contribution >= 0.6 is 0 Å². The molecule has 0 spiro atoms. The lowest BCUT2D eigenvalue weighted by Crippen LogP contribution is -2.37. The lowest BCUT2D eigenvalue weighted by atomic mass is 9.89. The molecule has 0 saturated carbocycles. The number of benzene rings is 1. The van der Waals surface area contributed by atoms with Gasteiger partial charge in [0.2, 0.25) is 0 Å². The van der Waals surface area contributed by atoms with E-state index in [0.29, 0.717) is 17.9 Å². The maximum absolute atomic E-state index is 14.4. The Morgan fingerprint density at radius 3 is 3.00 bits per heavy atom. The van der Waals surface area contributed by atoms with Gasteiger partial charge in [-0.25, -0.2) is 9.37 Å². The largest absolute Gasteiger partial charge is 0.505 e. The van der Waals surface area contributed by atoms with Crippen LogP contribution in [0.3, 0.4) is 0 Å². The van der Waals surface area contributed by atoms with Crippen molar-refractivity contribution in [1.82, 2.24) is 19.6 Å². The third kappa shape index (κ3) is 2.67. The molecule has 7 heteroatoms. The van der Waals surface area contributed by atoms with Gasteiger partial charge in [0.15, 0.2) is 11.6 Å². The summed E-state index contributed by atoms with van der Waals surface area (Å²) < 4.78 is 16.2. The standard InChI is InChI=1S/C19H22FN5O/c1-3-14-12(2)23-19-21-11-22-25(19)18(14)24-9-5-6-13(10-24)15-7-4-8-16(26)17(15)20/h4,7-8,11,13,26H,3,5-6,9-10H2,1-2H3. The predicted octanol–water partition coefficient (Wildman–Crippen LogP) is 3.22. The number of halogens is 1. The van der Waals surface area contributed by atoms with Gasteiger partial charge in [-0.3, -0.25) is 0 Å². The van der Waals surface area contributed by atoms with E-state index in [0.717, 1.165) is 42.9 Å². The maximum atomic E-state index is 14.4. The van der Waals surface area contributed by atoms with Gasteiger partial charge in [0.05, 0.1) is 0 Å². The summed E-state index contributed by atoms with van der Waals surface area (Å²) in [5, 5.41) is 14.1. The number of anilines is 1. The zero-order valence-corrected chi connectivity index (χ0v) is 15.0. The molecule has 2 aromatic heterocycles. The molecule has 136 valence electrons. The number of hydrogen-bond acceptors (Lipinski definition) is 5. The van der Waals surface area contributed by atoms with E-state index in [-0.39, 0.29) is 11.7 Å². The van der Waals surface area contributed by atoms with Gasteiger partial charge in [0.1, 0.15) is 12.1 Å². The molecule has 1 aliphatic heterocycles. The molecule has 1 N–H and O–H groups in total. The van der Waals surface area contributed by atoms with E-state index in [1.165, 1.54) is 12.4 Å². The number of hydrogen-bond donors (Lipinski definition) is 1. The highest BCUT2D eigenvalue weighted by Crippen LogP contribution is 2.35. The van der Waals surface area contributed by atoms with Gasteiger partial charge in [-0.1, -0.05) is 19.1 Å². The number of aromatic nitrogens is 4. The molecule has 1 atom stereocenters. The lowest BCUT2D eigenvalue weighted by molar-refractivity contribution is 0.417. The van der Waals surface area contributed by atoms with Crippen molar-refractivity contribution in [2.24, 2.45) is 0 Å². The number of phenols is 1. The summed E-state index contributed by atoms with van der Waals surface area (Å²) in [5.74, 6) is 0.810. The number of rotatable bonds is 3. The zero-order chi connectivity index (χ0) is 18.3. The van der Waals surface area contributed by atoms with Gasteiger partial charge in [-0.2, -0.15) is 14.6 Å². The molecule has 0 radical (unpaired) electrons. The molecule has 1 fully saturated rings. The predicted molar refractivity (Wildman–Crippen MR) is 97.1 cm³/mol. The van der Waals surface area contributed by atoms with Crippen LogP contribution in [0, 0.1) is 12.7 Å². The van der Waals surface area contributed by atoms with Crippen molar-refractivity contribution in [3.05, 3.63) is 47.2 Å². The molecule has 1 aliphatic rings. The highest BCUT2D eigenvalue weighted by atomic mass is 19.1. The first-order valence-electron chi connectivity index (χ1n) is 9.01. The quantitative estimate of drug-likeness (QED) is 0.781. The highest BCUT2D eigenvalue weighted by Gasteiger charge is 2.28. The van der Waals surface area contributed by atoms with Crippen LogP contribution in [0.2, 0.25) is 0 Å². The monoisotopic (exact) mass is 355 g/mol. The Morgan fingerprint density at radius 1 is 1.35 bits per heavy atom. The van der Waals surface area contributed by atoms with Crippen LogP contribution in [-0.4, -0.2) is 37.8 Å². The van der Waals surface area contributed by atoms with Gasteiger partial charge in [-0.05, 0) is 37.8 Å². The molecule has 1 aromatic carbocycles. The molecule has 1 saturated heterocycles. The van der Waals surface area contributed by atoms with E-state index in [9.17, 15) is 9.50 Å². The van der Waals surface area contributed by atoms with Gasteiger partial charge in [0.25, 0.3) is 5.78 Å². The fraction of sp³-hybridized carbons (Fsp3) is 0.421. The Balaban J connectivity index is 1.76. The molecule has 4 rings (SSSR count). The average Bonchev–Trinajstić information content (AvgIpc) is 3.10. The van der Waals surface area contributed by atoms with Crippen LogP contribution in [-0.2, 0) is 6.42 Å². The minimum absolute atomic E-state index is 0.0209. The van der Waals surface area contributed by atoms with Crippen LogP contribution in [0.5, 0.6) is 5.75 Å². The highest BCUT2D eigenvalue weighted by molar-refractivity contribution is 5.55. The SMILES string of the molecule is CCc1c(C)nc2ncnn2c1N1CCCC(c2cccc(O)c2F)C1. The van der Waals surface area contributed by atoms with Crippen LogP contribution in [0.4, 0.5) is 10.2 Å². The molecule has 26 heavy (non-hydrogen) atoms. The van der Waals surface area contributed by atoms with Gasteiger partial charge >= 0.3 is 0 Å². The summed E-state index contributed by atoms with van der Waals surface area (Å²) in [4.78, 5) is 11.0. The summed E-state index contributed by atoms with van der Waals surface area (Å²) in [6.07, 6.45) is 4.19. The fourth-order valence-electron chi connectivity index (χ4n) is 3.98. The summed E-state index contributed by atoms with van der Waals surface area (Å²) in [6, 6.07) is 4.86. The van der Waals surface area contributed by atoms with Crippen LogP contribution in [0.15, 0.2) is 24.5 Å². The van der Waals surface area contributed by atoms with E-state index in [1.807, 2.05) is 6.92 Å². The number of phenolic OH excluding ortho intramolecular Hbond substituents is 1. The maximum Gasteiger partial charge on any atom is 0.254 e. The summed E-state index contributed by atoms with van der Waals surface area (Å²) in [5.41, 5.74) is 2.67. The third-order valence-corrected chi connectivity index (χ3v) is 5.23. The molecule has 3 heterocycles. The molecule has 0 amide bonds. The van der Waals surface area contributed by atoms with Crippen LogP contribution in [0.25, 0.3) is 5.78 Å². The number of piperidine rings is 1. The molecule has 0 aliphatic carbocycles. The number of fused-ring (bicyclic) bond motifs is 1. The number of nitrogens with zero attached hydrogens (tertiary/aromatic N) is 5. The third-order valence-electron chi connectivity index (χ3n) is 5.23. The Morgan fingerprint density at radius 2 is 2.19 bits per heavy atom. The van der Waals surface area contributed by atoms with Crippen LogP contribution in [0.1, 0.15) is 42.5 Å². The van der Waals surface area contributed by atoms with Crippen molar-refractivity contribution in [3.63, 3.8) is 0 Å². The van der Waals surface area contributed by atoms with E-state index in [2.05, 4.69) is 26.9 Å². The summed E-state index contributed by atoms with van der Waals surface area (Å²) in [7, 11) is 0. The first-order valence-corrected chi connectivity index (χ1v) is 9.01. The average molecular weight is 355 g/mol. The first kappa shape index (κ1) is 16.8. The van der Waals surface area contributed by atoms with Crippen molar-refractivity contribution in [2.75, 3.05) is 18.0 Å². The van der Waals surface area contributed by atoms with Crippen molar-refractivity contribution < 1.29 is 9.50 Å². The van der Waals surface area contributed by atoms with E-state index >= 15 is 0 Å². The molecular weight excluding hydrogens is 333 g/mol. The normalized spacial score (nSPS) is 17.8. The second-order valence-corrected chi connectivity index (χ2v) is 6.79. The minimum atomic E-state index is -0.508. The Bertz CT molecular complexity index is 954. The molecule has 3 aromatic rings. The fourth-order valence-corrected chi connectivity index (χ4v) is 3.98. The number of aryl methyl sites for hydroxylation is 1. The van der Waals surface area contributed by atoms with Gasteiger partial charge in [-0.15, -0.1) is 0 Å². The Kier molecular flexibility index (Phi) is 4.22. The van der Waals surface area contributed by atoms with Crippen molar-refractivity contribution in [2.45, 2.75) is 39.0 Å². The van der Waals surface area contributed by atoms with Crippen molar-refractivity contribution in [3.8, 4) is 5.75 Å². The van der Waals surface area contributed by atoms with E-state index < -0.39 is 5.82 Å². The number of aromatic hydroxyl groups is 1. The smallest absolute Gasteiger partial charge is 0.254 e. The minimum Gasteiger partial charge on any atom is -0.505 e. The Labute approximate surface area is 151 Å². The molecule has 0 bridgehead atoms. The van der Waals surface area contributed by atoms with Crippen LogP contribution < -0.4 is 4.90 Å². The second-order valence-electron chi connectivity index (χ2n) is 6.79. The molecule has 1 unspecified atom stereocenters. The summed E-state index contributed by atoms with van der Waals surface area (Å²) in [6.45, 7) is 5.65. The van der Waals surface area contributed by atoms with Crippen molar-refractivity contribution in [1.29, 1.82) is 0 Å². The summed E-state index contributed by atoms with van der Waals surface area (Å²) >= 11 is 0. The lowest BCUT2D eigenvalue weighted by Gasteiger charge is -2.35. The topological polar surface area (TPSA) is 66.5 Å². The Hall–Kier alpha value is -2.70. The first-order chi connectivity index (χ1) is 12.6.